The summed E-state index contributed by atoms with van der Waals surface area (Å²) in [6.45, 7) is 2.77. The van der Waals surface area contributed by atoms with E-state index in [0.717, 1.165) is 39.9 Å². The van der Waals surface area contributed by atoms with Crippen LogP contribution in [0.4, 0.5) is 0 Å². The Balaban J connectivity index is 1.94. The lowest BCUT2D eigenvalue weighted by Gasteiger charge is -1.99. The summed E-state index contributed by atoms with van der Waals surface area (Å²) >= 11 is 0. The van der Waals surface area contributed by atoms with E-state index in [1.165, 1.54) is 0 Å². The van der Waals surface area contributed by atoms with E-state index in [2.05, 4.69) is 21.9 Å². The molecule has 2 heterocycles. The molecule has 0 atom stereocenters. The molecule has 0 unspecified atom stereocenters. The first-order valence-corrected chi connectivity index (χ1v) is 7.44. The van der Waals surface area contributed by atoms with Crippen LogP contribution in [0.2, 0.25) is 0 Å². The Labute approximate surface area is 126 Å². The quantitative estimate of drug-likeness (QED) is 0.608. The average molecular weight is 292 g/mol. The van der Waals surface area contributed by atoms with Crippen LogP contribution in [0, 0.1) is 0 Å². The fourth-order valence-electron chi connectivity index (χ4n) is 2.84. The molecule has 110 valence electrons. The van der Waals surface area contributed by atoms with Crippen LogP contribution in [-0.4, -0.2) is 19.5 Å². The summed E-state index contributed by atoms with van der Waals surface area (Å²) in [5.74, 6) is 0.840. The number of nitrogens with one attached hydrogen (secondary N) is 2. The van der Waals surface area contributed by atoms with Crippen molar-refractivity contribution in [2.75, 3.05) is 0 Å². The fraction of sp³-hybridized carbons (Fsp3) is 0.176. The van der Waals surface area contributed by atoms with Crippen molar-refractivity contribution in [1.82, 2.24) is 19.5 Å². The van der Waals surface area contributed by atoms with E-state index in [4.69, 9.17) is 0 Å². The van der Waals surface area contributed by atoms with Crippen LogP contribution in [0.1, 0.15) is 13.3 Å². The molecule has 5 nitrogen and oxygen atoms in total. The number of hydrogen-bond acceptors (Lipinski definition) is 2. The monoisotopic (exact) mass is 292 g/mol. The minimum Gasteiger partial charge on any atom is -0.338 e. The second-order valence-electron chi connectivity index (χ2n) is 5.42. The summed E-state index contributed by atoms with van der Waals surface area (Å²) in [5, 5.41) is 0. The van der Waals surface area contributed by atoms with E-state index >= 15 is 0 Å². The first-order chi connectivity index (χ1) is 10.8. The lowest BCUT2D eigenvalue weighted by Crippen LogP contribution is -2.16. The first-order valence-electron chi connectivity index (χ1n) is 7.44. The Morgan fingerprint density at radius 2 is 1.91 bits per heavy atom. The van der Waals surface area contributed by atoms with Crippen molar-refractivity contribution < 1.29 is 0 Å². The Hall–Kier alpha value is -2.82. The van der Waals surface area contributed by atoms with Gasteiger partial charge in [0.1, 0.15) is 5.82 Å². The van der Waals surface area contributed by atoms with E-state index in [1.54, 1.807) is 4.57 Å². The van der Waals surface area contributed by atoms with Gasteiger partial charge in [0.15, 0.2) is 0 Å². The van der Waals surface area contributed by atoms with E-state index in [9.17, 15) is 4.79 Å². The van der Waals surface area contributed by atoms with E-state index < -0.39 is 0 Å². The van der Waals surface area contributed by atoms with Crippen molar-refractivity contribution in [3.63, 3.8) is 0 Å². The summed E-state index contributed by atoms with van der Waals surface area (Å²) in [6.07, 6.45) is 0.917. The number of aryl methyl sites for hydroxylation is 1. The van der Waals surface area contributed by atoms with E-state index in [0.29, 0.717) is 6.54 Å². The Morgan fingerprint density at radius 3 is 2.68 bits per heavy atom. The second-order valence-corrected chi connectivity index (χ2v) is 5.42. The van der Waals surface area contributed by atoms with Gasteiger partial charge in [-0.1, -0.05) is 37.3 Å². The number of aromatic amines is 2. The van der Waals surface area contributed by atoms with Crippen molar-refractivity contribution in [3.05, 3.63) is 52.9 Å². The first kappa shape index (κ1) is 12.9. The topological polar surface area (TPSA) is 66.5 Å². The molecular weight excluding hydrogens is 276 g/mol. The molecule has 0 aliphatic heterocycles. The molecule has 4 aromatic rings. The zero-order chi connectivity index (χ0) is 15.1. The van der Waals surface area contributed by atoms with Crippen LogP contribution in [-0.2, 0) is 6.54 Å². The SMILES string of the molecule is CCCn1c(=O)[nH]c2cc3[nH]c(-c4ccccc4)nc3cc21. The number of imidazole rings is 2. The molecule has 0 radical (unpaired) electrons. The van der Waals surface area contributed by atoms with Gasteiger partial charge in [-0.3, -0.25) is 4.57 Å². The average Bonchev–Trinajstić information content (AvgIpc) is 3.07. The molecule has 0 saturated carbocycles. The molecule has 2 N–H and O–H groups in total. The smallest absolute Gasteiger partial charge is 0.326 e. The minimum atomic E-state index is -0.0622. The zero-order valence-electron chi connectivity index (χ0n) is 12.3. The van der Waals surface area contributed by atoms with Gasteiger partial charge in [-0.15, -0.1) is 0 Å². The lowest BCUT2D eigenvalue weighted by atomic mass is 10.2. The fourth-order valence-corrected chi connectivity index (χ4v) is 2.84. The molecule has 2 aromatic heterocycles. The largest absolute Gasteiger partial charge is 0.338 e. The molecule has 0 bridgehead atoms. The summed E-state index contributed by atoms with van der Waals surface area (Å²) < 4.78 is 1.77. The van der Waals surface area contributed by atoms with Crippen LogP contribution in [0.25, 0.3) is 33.5 Å². The van der Waals surface area contributed by atoms with Gasteiger partial charge < -0.3 is 9.97 Å². The third-order valence-corrected chi connectivity index (χ3v) is 3.87. The highest BCUT2D eigenvalue weighted by Gasteiger charge is 2.11. The van der Waals surface area contributed by atoms with E-state index in [-0.39, 0.29) is 5.69 Å². The molecule has 22 heavy (non-hydrogen) atoms. The zero-order valence-corrected chi connectivity index (χ0v) is 12.3. The molecule has 2 aromatic carbocycles. The van der Waals surface area contributed by atoms with Crippen LogP contribution >= 0.6 is 0 Å². The third kappa shape index (κ3) is 1.94. The maximum Gasteiger partial charge on any atom is 0.326 e. The number of rotatable bonds is 3. The summed E-state index contributed by atoms with van der Waals surface area (Å²) in [6, 6.07) is 13.9. The van der Waals surface area contributed by atoms with Gasteiger partial charge in [0.2, 0.25) is 0 Å². The van der Waals surface area contributed by atoms with E-state index in [1.807, 2.05) is 42.5 Å². The van der Waals surface area contributed by atoms with Crippen molar-refractivity contribution in [2.45, 2.75) is 19.9 Å². The number of H-pyrrole nitrogens is 2. The summed E-state index contributed by atoms with van der Waals surface area (Å²) in [7, 11) is 0. The molecular formula is C17H16N4O. The van der Waals surface area contributed by atoms with Crippen LogP contribution < -0.4 is 5.69 Å². The van der Waals surface area contributed by atoms with Crippen LogP contribution in [0.5, 0.6) is 0 Å². The summed E-state index contributed by atoms with van der Waals surface area (Å²) in [4.78, 5) is 22.9. The van der Waals surface area contributed by atoms with Crippen LogP contribution in [0.3, 0.4) is 0 Å². The highest BCUT2D eigenvalue weighted by atomic mass is 16.1. The number of benzene rings is 2. The van der Waals surface area contributed by atoms with Gasteiger partial charge in [0, 0.05) is 12.1 Å². The Morgan fingerprint density at radius 1 is 1.09 bits per heavy atom. The van der Waals surface area contributed by atoms with Gasteiger partial charge in [0.05, 0.1) is 22.1 Å². The third-order valence-electron chi connectivity index (χ3n) is 3.87. The number of nitrogens with zero attached hydrogens (tertiary/aromatic N) is 2. The van der Waals surface area contributed by atoms with Crippen molar-refractivity contribution in [2.24, 2.45) is 0 Å². The number of hydrogen-bond donors (Lipinski definition) is 2. The highest BCUT2D eigenvalue weighted by molar-refractivity contribution is 5.92. The second kappa shape index (κ2) is 4.87. The molecule has 0 aliphatic rings. The normalized spacial score (nSPS) is 11.5. The molecule has 4 rings (SSSR count). The van der Waals surface area contributed by atoms with Gasteiger partial charge in [0.25, 0.3) is 0 Å². The Kier molecular flexibility index (Phi) is 2.85. The maximum atomic E-state index is 12.0. The minimum absolute atomic E-state index is 0.0622. The van der Waals surface area contributed by atoms with Gasteiger partial charge in [-0.25, -0.2) is 9.78 Å². The van der Waals surface area contributed by atoms with Gasteiger partial charge in [-0.05, 0) is 18.6 Å². The molecule has 0 fully saturated rings. The molecule has 0 spiro atoms. The maximum absolute atomic E-state index is 12.0. The molecule has 0 amide bonds. The van der Waals surface area contributed by atoms with Gasteiger partial charge >= 0.3 is 5.69 Å². The molecule has 0 aliphatic carbocycles. The number of aromatic nitrogens is 4. The Bertz CT molecular complexity index is 1010. The standard InChI is InChI=1S/C17H16N4O/c1-2-8-21-15-10-13-12(9-14(15)20-17(21)22)18-16(19-13)11-6-4-3-5-7-11/h3-7,9-10H,2,8H2,1H3,(H,18,19)(H,20,22). The lowest BCUT2D eigenvalue weighted by molar-refractivity contribution is 0.675. The van der Waals surface area contributed by atoms with Gasteiger partial charge in [-0.2, -0.15) is 0 Å². The molecule has 0 saturated heterocycles. The van der Waals surface area contributed by atoms with Crippen molar-refractivity contribution in [1.29, 1.82) is 0 Å². The predicted molar refractivity (Wildman–Crippen MR) is 87.9 cm³/mol. The predicted octanol–water partition coefficient (Wildman–Crippen LogP) is 3.28. The van der Waals surface area contributed by atoms with Crippen molar-refractivity contribution >= 4 is 22.1 Å². The van der Waals surface area contributed by atoms with Crippen molar-refractivity contribution in [3.8, 4) is 11.4 Å². The molecule has 5 heteroatoms. The van der Waals surface area contributed by atoms with Crippen LogP contribution in [0.15, 0.2) is 47.3 Å². The number of fused-ring (bicyclic) bond motifs is 2. The summed E-state index contributed by atoms with van der Waals surface area (Å²) in [5.41, 5.74) is 4.53. The highest BCUT2D eigenvalue weighted by Crippen LogP contribution is 2.23.